The van der Waals surface area contributed by atoms with Crippen molar-refractivity contribution in [2.75, 3.05) is 6.61 Å². The summed E-state index contributed by atoms with van der Waals surface area (Å²) < 4.78 is 5.69. The van der Waals surface area contributed by atoms with Gasteiger partial charge in [-0.15, -0.1) is 0 Å². The van der Waals surface area contributed by atoms with Crippen LogP contribution in [-0.2, 0) is 9.53 Å². The Kier molecular flexibility index (Phi) is 5.84. The van der Waals surface area contributed by atoms with E-state index in [0.29, 0.717) is 11.1 Å². The van der Waals surface area contributed by atoms with Gasteiger partial charge in [-0.1, -0.05) is 58.4 Å². The first-order valence-corrected chi connectivity index (χ1v) is 7.52. The third kappa shape index (κ3) is 4.90. The third-order valence-electron chi connectivity index (χ3n) is 2.93. The van der Waals surface area contributed by atoms with Crippen molar-refractivity contribution in [1.82, 2.24) is 0 Å². The van der Waals surface area contributed by atoms with E-state index in [-0.39, 0.29) is 11.4 Å². The Morgan fingerprint density at radius 2 is 1.87 bits per heavy atom. The van der Waals surface area contributed by atoms with E-state index >= 15 is 0 Å². The first kappa shape index (κ1) is 16.7. The molecule has 0 radical (unpaired) electrons. The van der Waals surface area contributed by atoms with Crippen LogP contribution in [0.5, 0.6) is 0 Å². The molecule has 0 fully saturated rings. The van der Waals surface area contributed by atoms with Crippen LogP contribution in [0.1, 0.15) is 15.9 Å². The zero-order valence-corrected chi connectivity index (χ0v) is 13.6. The van der Waals surface area contributed by atoms with Crippen molar-refractivity contribution in [3.05, 3.63) is 75.8 Å². The Bertz CT molecular complexity index is 791. The maximum Gasteiger partial charge on any atom is 0.349 e. The number of nitrogens with zero attached hydrogens (tertiary/aromatic N) is 1. The maximum absolute atomic E-state index is 12.0. The molecule has 0 aromatic heterocycles. The van der Waals surface area contributed by atoms with Gasteiger partial charge in [0.1, 0.15) is 11.6 Å². The molecule has 0 aliphatic carbocycles. The summed E-state index contributed by atoms with van der Waals surface area (Å²) in [5, 5.41) is 9.07. The van der Waals surface area contributed by atoms with Gasteiger partial charge in [-0.3, -0.25) is 4.79 Å². The number of carbonyl (C=O) groups is 2. The lowest BCUT2D eigenvalue weighted by molar-refractivity contribution is -0.137. The normalized spacial score (nSPS) is 10.7. The lowest BCUT2D eigenvalue weighted by atomic mass is 10.1. The van der Waals surface area contributed by atoms with Gasteiger partial charge in [0.05, 0.1) is 0 Å². The molecule has 5 heteroatoms. The molecule has 2 rings (SSSR count). The predicted molar refractivity (Wildman–Crippen MR) is 89.5 cm³/mol. The van der Waals surface area contributed by atoms with Gasteiger partial charge in [0.15, 0.2) is 12.4 Å². The molecule has 0 aliphatic rings. The van der Waals surface area contributed by atoms with Crippen LogP contribution in [0.15, 0.2) is 64.6 Å². The van der Waals surface area contributed by atoms with E-state index in [1.165, 1.54) is 6.08 Å². The molecule has 0 unspecified atom stereocenters. The Balaban J connectivity index is 2.02. The average molecular weight is 370 g/mol. The number of rotatable bonds is 5. The van der Waals surface area contributed by atoms with Crippen LogP contribution in [-0.4, -0.2) is 18.4 Å². The number of ketones is 1. The number of nitriles is 1. The largest absolute Gasteiger partial charge is 0.453 e. The van der Waals surface area contributed by atoms with E-state index in [1.54, 1.807) is 54.6 Å². The standard InChI is InChI=1S/C18H12BrNO3/c19-16-8-4-7-14(10-16)17(21)12-23-18(22)15(11-20)9-13-5-2-1-3-6-13/h1-10H,12H2/b15-9+. The molecule has 0 spiro atoms. The number of halogens is 1. The molecule has 0 saturated carbocycles. The van der Waals surface area contributed by atoms with E-state index in [4.69, 9.17) is 10.00 Å². The highest BCUT2D eigenvalue weighted by Gasteiger charge is 2.14. The van der Waals surface area contributed by atoms with Gasteiger partial charge in [-0.05, 0) is 23.8 Å². The third-order valence-corrected chi connectivity index (χ3v) is 3.43. The zero-order chi connectivity index (χ0) is 16.7. The van der Waals surface area contributed by atoms with Gasteiger partial charge in [0.2, 0.25) is 0 Å². The number of esters is 1. The van der Waals surface area contributed by atoms with Crippen molar-refractivity contribution in [1.29, 1.82) is 5.26 Å². The molecule has 2 aromatic rings. The number of benzene rings is 2. The van der Waals surface area contributed by atoms with Crippen LogP contribution in [0.25, 0.3) is 6.08 Å². The van der Waals surface area contributed by atoms with Crippen LogP contribution in [0.4, 0.5) is 0 Å². The summed E-state index contributed by atoms with van der Waals surface area (Å²) in [5.74, 6) is -1.16. The summed E-state index contributed by atoms with van der Waals surface area (Å²) >= 11 is 3.27. The molecular formula is C18H12BrNO3. The van der Waals surface area contributed by atoms with Gasteiger partial charge in [0, 0.05) is 10.0 Å². The van der Waals surface area contributed by atoms with E-state index in [2.05, 4.69) is 15.9 Å². The second kappa shape index (κ2) is 8.06. The van der Waals surface area contributed by atoms with Crippen molar-refractivity contribution in [2.45, 2.75) is 0 Å². The monoisotopic (exact) mass is 369 g/mol. The van der Waals surface area contributed by atoms with Crippen molar-refractivity contribution < 1.29 is 14.3 Å². The Hall–Kier alpha value is -2.71. The summed E-state index contributed by atoms with van der Waals surface area (Å²) in [6.45, 7) is -0.414. The molecule has 114 valence electrons. The van der Waals surface area contributed by atoms with Crippen molar-refractivity contribution in [3.8, 4) is 6.07 Å². The van der Waals surface area contributed by atoms with Crippen LogP contribution in [0.3, 0.4) is 0 Å². The second-order valence-electron chi connectivity index (χ2n) is 4.59. The summed E-state index contributed by atoms with van der Waals surface area (Å²) in [6, 6.07) is 17.5. The highest BCUT2D eigenvalue weighted by molar-refractivity contribution is 9.10. The second-order valence-corrected chi connectivity index (χ2v) is 5.51. The van der Waals surface area contributed by atoms with Crippen molar-refractivity contribution in [2.24, 2.45) is 0 Å². The number of hydrogen-bond donors (Lipinski definition) is 0. The van der Waals surface area contributed by atoms with Crippen molar-refractivity contribution in [3.63, 3.8) is 0 Å². The topological polar surface area (TPSA) is 67.2 Å². The molecule has 0 heterocycles. The molecule has 0 N–H and O–H groups in total. The van der Waals surface area contributed by atoms with Gasteiger partial charge in [0.25, 0.3) is 0 Å². The Labute approximate surface area is 142 Å². The molecule has 4 nitrogen and oxygen atoms in total. The quantitative estimate of drug-likeness (QED) is 0.348. The fourth-order valence-corrected chi connectivity index (χ4v) is 2.21. The summed E-state index contributed by atoms with van der Waals surface area (Å²) in [4.78, 5) is 23.9. The van der Waals surface area contributed by atoms with E-state index in [9.17, 15) is 9.59 Å². The number of Topliss-reactive ketones (excluding diaryl/α,β-unsaturated/α-hetero) is 1. The Morgan fingerprint density at radius 3 is 2.52 bits per heavy atom. The number of carbonyl (C=O) groups excluding carboxylic acids is 2. The van der Waals surface area contributed by atoms with E-state index in [0.717, 1.165) is 4.47 Å². The predicted octanol–water partition coefficient (Wildman–Crippen LogP) is 3.78. The molecule has 23 heavy (non-hydrogen) atoms. The summed E-state index contributed by atoms with van der Waals surface area (Å²) in [7, 11) is 0. The van der Waals surface area contributed by atoms with Gasteiger partial charge < -0.3 is 4.74 Å². The van der Waals surface area contributed by atoms with Crippen LogP contribution in [0, 0.1) is 11.3 Å². The molecular weight excluding hydrogens is 358 g/mol. The SMILES string of the molecule is N#C/C(=C\c1ccccc1)C(=O)OCC(=O)c1cccc(Br)c1. The molecule has 0 saturated heterocycles. The minimum absolute atomic E-state index is 0.154. The highest BCUT2D eigenvalue weighted by atomic mass is 79.9. The minimum Gasteiger partial charge on any atom is -0.453 e. The first-order chi connectivity index (χ1) is 11.1. The summed E-state index contributed by atoms with van der Waals surface area (Å²) in [5.41, 5.74) is 0.982. The maximum atomic E-state index is 12.0. The van der Waals surface area contributed by atoms with E-state index in [1.807, 2.05) is 6.07 Å². The van der Waals surface area contributed by atoms with Crippen LogP contribution < -0.4 is 0 Å². The number of ether oxygens (including phenoxy) is 1. The van der Waals surface area contributed by atoms with Gasteiger partial charge >= 0.3 is 5.97 Å². The average Bonchev–Trinajstić information content (AvgIpc) is 2.58. The fourth-order valence-electron chi connectivity index (χ4n) is 1.81. The smallest absolute Gasteiger partial charge is 0.349 e. The van der Waals surface area contributed by atoms with Crippen molar-refractivity contribution >= 4 is 33.8 Å². The Morgan fingerprint density at radius 1 is 1.13 bits per heavy atom. The van der Waals surface area contributed by atoms with Gasteiger partial charge in [-0.2, -0.15) is 5.26 Å². The first-order valence-electron chi connectivity index (χ1n) is 6.73. The lowest BCUT2D eigenvalue weighted by Gasteiger charge is -2.04. The highest BCUT2D eigenvalue weighted by Crippen LogP contribution is 2.13. The lowest BCUT2D eigenvalue weighted by Crippen LogP contribution is -2.15. The van der Waals surface area contributed by atoms with E-state index < -0.39 is 12.6 Å². The minimum atomic E-state index is -0.820. The fraction of sp³-hybridized carbons (Fsp3) is 0.0556. The molecule has 0 bridgehead atoms. The van der Waals surface area contributed by atoms with Crippen LogP contribution >= 0.6 is 15.9 Å². The number of hydrogen-bond acceptors (Lipinski definition) is 4. The zero-order valence-electron chi connectivity index (χ0n) is 12.0. The van der Waals surface area contributed by atoms with Gasteiger partial charge in [-0.25, -0.2) is 4.79 Å². The molecule has 0 atom stereocenters. The molecule has 0 amide bonds. The summed E-state index contributed by atoms with van der Waals surface area (Å²) in [6.07, 6.45) is 1.42. The van der Waals surface area contributed by atoms with Crippen LogP contribution in [0.2, 0.25) is 0 Å². The molecule has 0 aliphatic heterocycles. The molecule has 2 aromatic carbocycles.